The van der Waals surface area contributed by atoms with Crippen LogP contribution >= 0.6 is 0 Å². The molecule has 0 spiro atoms. The fourth-order valence-electron chi connectivity index (χ4n) is 4.99. The lowest BCUT2D eigenvalue weighted by molar-refractivity contribution is -0.126. The number of hydrogen-bond donors (Lipinski definition) is 0. The smallest absolute Gasteiger partial charge is 0.247 e. The fraction of sp³-hybridized carbons (Fsp3) is 0.233. The van der Waals surface area contributed by atoms with Gasteiger partial charge in [0.05, 0.1) is 20.5 Å². The quantitative estimate of drug-likeness (QED) is 0.318. The highest BCUT2D eigenvalue weighted by molar-refractivity contribution is 6.02. The molecular formula is C30H29NO4. The number of aryl methyl sites for hydroxylation is 1. The zero-order valence-electron chi connectivity index (χ0n) is 20.6. The van der Waals surface area contributed by atoms with Crippen LogP contribution in [0.4, 0.5) is 0 Å². The minimum Gasteiger partial charge on any atom is -0.496 e. The highest BCUT2D eigenvalue weighted by atomic mass is 16.5. The van der Waals surface area contributed by atoms with Gasteiger partial charge >= 0.3 is 0 Å². The van der Waals surface area contributed by atoms with Gasteiger partial charge in [-0.05, 0) is 49.1 Å². The molecule has 0 saturated carbocycles. The first-order chi connectivity index (χ1) is 17.0. The molecule has 0 N–H and O–H groups in total. The molecule has 1 aromatic heterocycles. The van der Waals surface area contributed by atoms with Crippen molar-refractivity contribution in [2.45, 2.75) is 26.8 Å². The van der Waals surface area contributed by atoms with E-state index < -0.39 is 0 Å². The van der Waals surface area contributed by atoms with E-state index in [1.807, 2.05) is 49.1 Å². The molecule has 5 rings (SSSR count). The topological polar surface area (TPSA) is 51.9 Å². The number of furan rings is 1. The Hall–Kier alpha value is -3.99. The number of fused-ring (bicyclic) bond motifs is 2. The van der Waals surface area contributed by atoms with Crippen molar-refractivity contribution < 1.29 is 18.7 Å². The largest absolute Gasteiger partial charge is 0.496 e. The predicted molar refractivity (Wildman–Crippen MR) is 139 cm³/mol. The van der Waals surface area contributed by atoms with Crippen molar-refractivity contribution in [1.82, 2.24) is 4.90 Å². The lowest BCUT2D eigenvalue weighted by Gasteiger charge is -2.28. The molecule has 0 radical (unpaired) electrons. The summed E-state index contributed by atoms with van der Waals surface area (Å²) < 4.78 is 17.4. The van der Waals surface area contributed by atoms with Crippen LogP contribution < -0.4 is 9.47 Å². The third-order valence-electron chi connectivity index (χ3n) is 6.85. The van der Waals surface area contributed by atoms with Gasteiger partial charge in [-0.1, -0.05) is 42.5 Å². The predicted octanol–water partition coefficient (Wildman–Crippen LogP) is 6.41. The molecule has 4 aromatic rings. The zero-order chi connectivity index (χ0) is 24.5. The van der Waals surface area contributed by atoms with Gasteiger partial charge in [-0.2, -0.15) is 0 Å². The van der Waals surface area contributed by atoms with E-state index in [-0.39, 0.29) is 5.91 Å². The minimum atomic E-state index is 0.00829. The number of rotatable bonds is 5. The van der Waals surface area contributed by atoms with Gasteiger partial charge in [-0.3, -0.25) is 4.79 Å². The summed E-state index contributed by atoms with van der Waals surface area (Å²) in [5, 5.41) is 0.954. The van der Waals surface area contributed by atoms with Gasteiger partial charge in [0.25, 0.3) is 0 Å². The summed E-state index contributed by atoms with van der Waals surface area (Å²) in [6.45, 7) is 5.29. The maximum atomic E-state index is 13.2. The van der Waals surface area contributed by atoms with Crippen LogP contribution in [0.3, 0.4) is 0 Å². The maximum Gasteiger partial charge on any atom is 0.247 e. The molecule has 0 saturated heterocycles. The third-order valence-corrected chi connectivity index (χ3v) is 6.85. The summed E-state index contributed by atoms with van der Waals surface area (Å²) in [5.41, 5.74) is 7.82. The van der Waals surface area contributed by atoms with E-state index in [4.69, 9.17) is 13.9 Å². The first-order valence-electron chi connectivity index (χ1n) is 11.8. The van der Waals surface area contributed by atoms with Crippen molar-refractivity contribution in [3.8, 4) is 22.6 Å². The second-order valence-electron chi connectivity index (χ2n) is 8.91. The molecule has 0 bridgehead atoms. The average molecular weight is 468 g/mol. The Labute approximate surface area is 205 Å². The first kappa shape index (κ1) is 22.8. The van der Waals surface area contributed by atoms with Gasteiger partial charge in [0.15, 0.2) is 0 Å². The first-order valence-corrected chi connectivity index (χ1v) is 11.8. The molecule has 1 amide bonds. The molecule has 3 aromatic carbocycles. The standard InChI is InChI=1S/C30H29NO4/c1-19(15-28(32)31-14-13-21-9-5-6-10-22(21)17-31)24-16-25-26(23-11-7-8-12-27(23)33-3)18-35-30(25)20(2)29(24)34-4/h5-12,15-16,18H,13-14,17H2,1-4H3/b19-15+. The van der Waals surface area contributed by atoms with Crippen LogP contribution in [0.15, 0.2) is 71.4 Å². The molecule has 5 heteroatoms. The molecule has 1 aliphatic heterocycles. The summed E-state index contributed by atoms with van der Waals surface area (Å²) in [6, 6.07) is 18.3. The van der Waals surface area contributed by atoms with E-state index in [1.54, 1.807) is 26.6 Å². The van der Waals surface area contributed by atoms with E-state index in [0.717, 1.165) is 51.0 Å². The van der Waals surface area contributed by atoms with Crippen LogP contribution in [0.25, 0.3) is 27.7 Å². The van der Waals surface area contributed by atoms with Gasteiger partial charge < -0.3 is 18.8 Å². The zero-order valence-corrected chi connectivity index (χ0v) is 20.6. The van der Waals surface area contributed by atoms with Crippen LogP contribution in [0.2, 0.25) is 0 Å². The molecule has 0 atom stereocenters. The molecule has 5 nitrogen and oxygen atoms in total. The Balaban J connectivity index is 1.55. The summed E-state index contributed by atoms with van der Waals surface area (Å²) in [5.74, 6) is 1.50. The van der Waals surface area contributed by atoms with E-state index in [2.05, 4.69) is 24.3 Å². The van der Waals surface area contributed by atoms with Crippen LogP contribution in [0, 0.1) is 6.92 Å². The van der Waals surface area contributed by atoms with E-state index in [0.29, 0.717) is 18.8 Å². The number of benzene rings is 3. The van der Waals surface area contributed by atoms with Crippen molar-refractivity contribution >= 4 is 22.4 Å². The summed E-state index contributed by atoms with van der Waals surface area (Å²) in [4.78, 5) is 15.1. The van der Waals surface area contributed by atoms with Gasteiger partial charge in [0.2, 0.25) is 5.91 Å². The van der Waals surface area contributed by atoms with E-state index in [9.17, 15) is 4.79 Å². The molecule has 0 fully saturated rings. The lowest BCUT2D eigenvalue weighted by atomic mass is 9.95. The van der Waals surface area contributed by atoms with Crippen LogP contribution in [0.1, 0.15) is 29.2 Å². The number of carbonyl (C=O) groups excluding carboxylic acids is 1. The highest BCUT2D eigenvalue weighted by Gasteiger charge is 2.22. The molecule has 35 heavy (non-hydrogen) atoms. The molecule has 178 valence electrons. The van der Waals surface area contributed by atoms with Crippen molar-refractivity contribution in [3.63, 3.8) is 0 Å². The van der Waals surface area contributed by atoms with Crippen molar-refractivity contribution in [1.29, 1.82) is 0 Å². The number of ether oxygens (including phenoxy) is 2. The molecule has 2 heterocycles. The van der Waals surface area contributed by atoms with Crippen molar-refractivity contribution in [2.75, 3.05) is 20.8 Å². The number of allylic oxidation sites excluding steroid dienone is 1. The number of nitrogens with zero attached hydrogens (tertiary/aromatic N) is 1. The van der Waals surface area contributed by atoms with Gasteiger partial charge in [0.1, 0.15) is 17.1 Å². The van der Waals surface area contributed by atoms with Crippen LogP contribution in [0.5, 0.6) is 11.5 Å². The summed E-state index contributed by atoms with van der Waals surface area (Å²) >= 11 is 0. The molecule has 0 unspecified atom stereocenters. The van der Waals surface area contributed by atoms with Crippen molar-refractivity contribution in [2.24, 2.45) is 0 Å². The maximum absolute atomic E-state index is 13.2. The van der Waals surface area contributed by atoms with Crippen LogP contribution in [-0.4, -0.2) is 31.6 Å². The highest BCUT2D eigenvalue weighted by Crippen LogP contribution is 2.42. The Morgan fingerprint density at radius 1 is 1.00 bits per heavy atom. The molecular weight excluding hydrogens is 438 g/mol. The Kier molecular flexibility index (Phi) is 6.08. The fourth-order valence-corrected chi connectivity index (χ4v) is 4.99. The monoisotopic (exact) mass is 467 g/mol. The summed E-state index contributed by atoms with van der Waals surface area (Å²) in [6.07, 6.45) is 4.36. The Morgan fingerprint density at radius 2 is 1.74 bits per heavy atom. The number of amides is 1. The normalized spacial score (nSPS) is 13.6. The number of hydrogen-bond acceptors (Lipinski definition) is 4. The number of methoxy groups -OCH3 is 2. The number of carbonyl (C=O) groups is 1. The Morgan fingerprint density at radius 3 is 2.51 bits per heavy atom. The summed E-state index contributed by atoms with van der Waals surface area (Å²) in [7, 11) is 3.32. The molecule has 0 aliphatic carbocycles. The Bertz CT molecular complexity index is 1450. The molecule has 1 aliphatic rings. The second-order valence-corrected chi connectivity index (χ2v) is 8.91. The van der Waals surface area contributed by atoms with Crippen LogP contribution in [-0.2, 0) is 17.8 Å². The van der Waals surface area contributed by atoms with Gasteiger partial charge in [0, 0.05) is 46.8 Å². The van der Waals surface area contributed by atoms with Gasteiger partial charge in [-0.15, -0.1) is 0 Å². The van der Waals surface area contributed by atoms with Gasteiger partial charge in [-0.25, -0.2) is 0 Å². The lowest BCUT2D eigenvalue weighted by Crippen LogP contribution is -2.34. The second kappa shape index (κ2) is 9.34. The van der Waals surface area contributed by atoms with E-state index in [1.165, 1.54) is 11.1 Å². The third kappa shape index (κ3) is 4.08. The number of para-hydroxylation sites is 1. The van der Waals surface area contributed by atoms with E-state index >= 15 is 0 Å². The minimum absolute atomic E-state index is 0.00829. The van der Waals surface area contributed by atoms with Crippen molar-refractivity contribution in [3.05, 3.63) is 89.2 Å². The average Bonchev–Trinajstić information content (AvgIpc) is 3.32. The SMILES string of the molecule is COc1ccccc1-c1coc2c(C)c(OC)c(/C(C)=C/C(=O)N3CCc4ccccc4C3)cc12.